The van der Waals surface area contributed by atoms with E-state index < -0.39 is 24.1 Å². The second-order valence-corrected chi connectivity index (χ2v) is 6.66. The largest absolute Gasteiger partial charge is 0.458 e. The molecular weight excluding hydrogens is 300 g/mol. The van der Waals surface area contributed by atoms with Crippen LogP contribution in [-0.4, -0.2) is 73.1 Å². The summed E-state index contributed by atoms with van der Waals surface area (Å²) in [4.78, 5) is 26.5. The first kappa shape index (κ1) is 21.6. The highest BCUT2D eigenvalue weighted by atomic mass is 16.7. The molecule has 0 aliphatic rings. The number of aliphatic hydroxyl groups is 1. The lowest BCUT2D eigenvalue weighted by Crippen LogP contribution is -2.40. The Bertz CT molecular complexity index is 413. The van der Waals surface area contributed by atoms with E-state index in [1.807, 2.05) is 0 Å². The molecule has 0 saturated carbocycles. The zero-order valence-corrected chi connectivity index (χ0v) is 15.2. The molecule has 7 nitrogen and oxygen atoms in total. The maximum Gasteiger partial charge on any atom is 0.335 e. The van der Waals surface area contributed by atoms with Gasteiger partial charge >= 0.3 is 5.97 Å². The van der Waals surface area contributed by atoms with Crippen molar-refractivity contribution in [3.63, 3.8) is 0 Å². The van der Waals surface area contributed by atoms with Crippen LogP contribution in [-0.2, 0) is 19.1 Å². The Hall–Kier alpha value is -1.44. The molecule has 0 heterocycles. The number of likely N-dealkylation sites (N-methyl/N-ethyl adjacent to an activating group) is 1. The maximum atomic E-state index is 12.2. The van der Waals surface area contributed by atoms with Crippen LogP contribution in [0, 0.1) is 0 Å². The van der Waals surface area contributed by atoms with Crippen LogP contribution in [0.4, 0.5) is 0 Å². The Labute approximate surface area is 138 Å². The molecule has 0 fully saturated rings. The highest BCUT2D eigenvalue weighted by molar-refractivity contribution is 5.87. The van der Waals surface area contributed by atoms with E-state index in [0.717, 1.165) is 0 Å². The van der Waals surface area contributed by atoms with Crippen LogP contribution in [0.5, 0.6) is 0 Å². The number of hydrogen-bond donors (Lipinski definition) is 1. The molecular formula is C16H30N2O5. The average molecular weight is 330 g/mol. The number of carbonyl (C=O) groups excluding carboxylic acids is 2. The lowest BCUT2D eigenvalue weighted by Gasteiger charge is -2.27. The summed E-state index contributed by atoms with van der Waals surface area (Å²) in [5, 5.41) is 9.78. The summed E-state index contributed by atoms with van der Waals surface area (Å²) < 4.78 is 10.7. The number of nitrogens with zero attached hydrogens (tertiary/aromatic N) is 2. The van der Waals surface area contributed by atoms with Crippen LogP contribution >= 0.6 is 0 Å². The molecule has 1 N–H and O–H groups in total. The number of esters is 1. The van der Waals surface area contributed by atoms with E-state index in [1.165, 1.54) is 15.9 Å². The SMILES string of the molecule is CN(C)C(=O)/C=C/CC[C@H](OC(O)N(C)C)C(=O)OC(C)(C)C. The van der Waals surface area contributed by atoms with Gasteiger partial charge in [-0.2, -0.15) is 0 Å². The topological polar surface area (TPSA) is 79.3 Å². The van der Waals surface area contributed by atoms with E-state index in [0.29, 0.717) is 12.8 Å². The zero-order valence-electron chi connectivity index (χ0n) is 15.2. The molecule has 1 amide bonds. The van der Waals surface area contributed by atoms with Gasteiger partial charge in [0.1, 0.15) is 5.60 Å². The van der Waals surface area contributed by atoms with Crippen LogP contribution < -0.4 is 0 Å². The highest BCUT2D eigenvalue weighted by Gasteiger charge is 2.28. The van der Waals surface area contributed by atoms with Gasteiger partial charge in [0.2, 0.25) is 12.3 Å². The molecule has 0 aliphatic carbocycles. The second-order valence-electron chi connectivity index (χ2n) is 6.66. The molecule has 0 bridgehead atoms. The number of amides is 1. The smallest absolute Gasteiger partial charge is 0.335 e. The van der Waals surface area contributed by atoms with Gasteiger partial charge in [0, 0.05) is 14.1 Å². The van der Waals surface area contributed by atoms with Gasteiger partial charge in [0.25, 0.3) is 0 Å². The van der Waals surface area contributed by atoms with Gasteiger partial charge in [-0.05, 0) is 53.8 Å². The summed E-state index contributed by atoms with van der Waals surface area (Å²) in [7, 11) is 6.58. The Morgan fingerprint density at radius 2 is 1.74 bits per heavy atom. The molecule has 134 valence electrons. The van der Waals surface area contributed by atoms with E-state index in [2.05, 4.69) is 0 Å². The van der Waals surface area contributed by atoms with Crippen molar-refractivity contribution in [3.05, 3.63) is 12.2 Å². The van der Waals surface area contributed by atoms with Gasteiger partial charge in [-0.3, -0.25) is 9.69 Å². The van der Waals surface area contributed by atoms with Gasteiger partial charge in [0.05, 0.1) is 0 Å². The van der Waals surface area contributed by atoms with Crippen LogP contribution in [0.3, 0.4) is 0 Å². The molecule has 0 aromatic rings. The van der Waals surface area contributed by atoms with Crippen LogP contribution in [0.25, 0.3) is 0 Å². The molecule has 7 heteroatoms. The maximum absolute atomic E-state index is 12.2. The Kier molecular flexibility index (Phi) is 9.04. The van der Waals surface area contributed by atoms with Crippen molar-refractivity contribution in [1.82, 2.24) is 9.80 Å². The fraction of sp³-hybridized carbons (Fsp3) is 0.750. The number of ether oxygens (including phenoxy) is 2. The Morgan fingerprint density at radius 1 is 1.17 bits per heavy atom. The van der Waals surface area contributed by atoms with Crippen molar-refractivity contribution >= 4 is 11.9 Å². The fourth-order valence-corrected chi connectivity index (χ4v) is 1.46. The summed E-state index contributed by atoms with van der Waals surface area (Å²) in [6.45, 7) is 5.29. The second kappa shape index (κ2) is 9.64. The summed E-state index contributed by atoms with van der Waals surface area (Å²) in [6, 6.07) is 0. The fourth-order valence-electron chi connectivity index (χ4n) is 1.46. The quantitative estimate of drug-likeness (QED) is 0.406. The number of hydrogen-bond acceptors (Lipinski definition) is 6. The first-order chi connectivity index (χ1) is 10.4. The van der Waals surface area contributed by atoms with E-state index in [1.54, 1.807) is 55.0 Å². The van der Waals surface area contributed by atoms with E-state index in [-0.39, 0.29) is 5.91 Å². The lowest BCUT2D eigenvalue weighted by atomic mass is 10.1. The number of carbonyl (C=O) groups is 2. The van der Waals surface area contributed by atoms with Crippen molar-refractivity contribution < 1.29 is 24.2 Å². The number of allylic oxidation sites excluding steroid dienone is 1. The van der Waals surface area contributed by atoms with Crippen molar-refractivity contribution in [2.45, 2.75) is 51.7 Å². The van der Waals surface area contributed by atoms with E-state index >= 15 is 0 Å². The molecule has 0 aromatic heterocycles. The minimum absolute atomic E-state index is 0.131. The molecule has 0 saturated heterocycles. The molecule has 0 aliphatic heterocycles. The first-order valence-corrected chi connectivity index (χ1v) is 7.54. The Balaban J connectivity index is 4.72. The predicted octanol–water partition coefficient (Wildman–Crippen LogP) is 0.975. The van der Waals surface area contributed by atoms with Crippen molar-refractivity contribution in [3.8, 4) is 0 Å². The molecule has 0 spiro atoms. The summed E-state index contributed by atoms with van der Waals surface area (Å²) >= 11 is 0. The molecule has 2 atom stereocenters. The van der Waals surface area contributed by atoms with E-state index in [9.17, 15) is 14.7 Å². The summed E-state index contributed by atoms with van der Waals surface area (Å²) in [5.41, 5.74) is -0.640. The third kappa shape index (κ3) is 10.0. The third-order valence-electron chi connectivity index (χ3n) is 2.69. The van der Waals surface area contributed by atoms with Crippen molar-refractivity contribution in [2.75, 3.05) is 28.2 Å². The third-order valence-corrected chi connectivity index (χ3v) is 2.69. The molecule has 23 heavy (non-hydrogen) atoms. The standard InChI is InChI=1S/C16H30N2O5/c1-16(2,3)23-14(20)12(22-15(21)18(6)7)10-8-9-11-13(19)17(4)5/h9,11-12,15,21H,8,10H2,1-7H3/b11-9+/t12-,15?/m0/s1. The van der Waals surface area contributed by atoms with E-state index in [4.69, 9.17) is 9.47 Å². The van der Waals surface area contributed by atoms with Crippen LogP contribution in [0.2, 0.25) is 0 Å². The molecule has 0 radical (unpaired) electrons. The molecule has 0 rings (SSSR count). The van der Waals surface area contributed by atoms with Gasteiger partial charge in [-0.15, -0.1) is 0 Å². The lowest BCUT2D eigenvalue weighted by molar-refractivity contribution is -0.220. The molecule has 0 aromatic carbocycles. The van der Waals surface area contributed by atoms with Crippen molar-refractivity contribution in [2.24, 2.45) is 0 Å². The minimum atomic E-state index is -1.21. The predicted molar refractivity (Wildman–Crippen MR) is 87.5 cm³/mol. The van der Waals surface area contributed by atoms with Crippen LogP contribution in [0.1, 0.15) is 33.6 Å². The normalized spacial score (nSPS) is 14.8. The highest BCUT2D eigenvalue weighted by Crippen LogP contribution is 2.14. The van der Waals surface area contributed by atoms with Gasteiger partial charge < -0.3 is 19.5 Å². The zero-order chi connectivity index (χ0) is 18.2. The van der Waals surface area contributed by atoms with Gasteiger partial charge in [-0.1, -0.05) is 6.08 Å². The Morgan fingerprint density at radius 3 is 2.17 bits per heavy atom. The number of aliphatic hydroxyl groups excluding tert-OH is 1. The monoisotopic (exact) mass is 330 g/mol. The van der Waals surface area contributed by atoms with Crippen LogP contribution in [0.15, 0.2) is 12.2 Å². The van der Waals surface area contributed by atoms with Gasteiger partial charge in [-0.25, -0.2) is 4.79 Å². The first-order valence-electron chi connectivity index (χ1n) is 7.54. The molecule has 1 unspecified atom stereocenters. The van der Waals surface area contributed by atoms with Gasteiger partial charge in [0.15, 0.2) is 6.10 Å². The van der Waals surface area contributed by atoms with Crippen molar-refractivity contribution in [1.29, 1.82) is 0 Å². The summed E-state index contributed by atoms with van der Waals surface area (Å²) in [6.07, 6.45) is 1.74. The number of rotatable bonds is 8. The summed E-state index contributed by atoms with van der Waals surface area (Å²) in [5.74, 6) is -0.668. The minimum Gasteiger partial charge on any atom is -0.458 e. The average Bonchev–Trinajstić information content (AvgIpc) is 2.39.